The third kappa shape index (κ3) is 4.77. The molecule has 6 nitrogen and oxygen atoms in total. The number of methoxy groups -OCH3 is 1. The van der Waals surface area contributed by atoms with Crippen LogP contribution in [0.4, 0.5) is 11.4 Å². The molecule has 29 heavy (non-hydrogen) atoms. The summed E-state index contributed by atoms with van der Waals surface area (Å²) in [5.74, 6) is 1.32. The lowest BCUT2D eigenvalue weighted by atomic mass is 10.0. The van der Waals surface area contributed by atoms with E-state index in [0.717, 1.165) is 55.4 Å². The number of aromatic nitrogens is 3. The fourth-order valence-corrected chi connectivity index (χ4v) is 3.95. The molecule has 1 aliphatic heterocycles. The van der Waals surface area contributed by atoms with Crippen LogP contribution < -0.4 is 10.1 Å². The van der Waals surface area contributed by atoms with Crippen LogP contribution in [-0.2, 0) is 13.1 Å². The van der Waals surface area contributed by atoms with Crippen LogP contribution in [0.25, 0.3) is 0 Å². The quantitative estimate of drug-likeness (QED) is 0.649. The average Bonchev–Trinajstić information content (AvgIpc) is 3.38. The third-order valence-electron chi connectivity index (χ3n) is 5.46. The second kappa shape index (κ2) is 8.66. The number of benzene rings is 1. The Bertz CT molecular complexity index is 950. The highest BCUT2D eigenvalue weighted by atomic mass is 16.5. The van der Waals surface area contributed by atoms with Gasteiger partial charge in [0.05, 0.1) is 13.3 Å². The molecule has 0 amide bonds. The first-order valence-corrected chi connectivity index (χ1v) is 10.3. The van der Waals surface area contributed by atoms with Gasteiger partial charge in [-0.3, -0.25) is 14.6 Å². The second-order valence-electron chi connectivity index (χ2n) is 7.70. The Hall–Kier alpha value is -2.86. The van der Waals surface area contributed by atoms with Gasteiger partial charge in [0.1, 0.15) is 5.75 Å². The van der Waals surface area contributed by atoms with Crippen molar-refractivity contribution in [2.45, 2.75) is 39.3 Å². The van der Waals surface area contributed by atoms with Crippen molar-refractivity contribution in [1.82, 2.24) is 19.7 Å². The molecule has 1 N–H and O–H groups in total. The normalized spacial score (nSPS) is 16.9. The minimum atomic E-state index is 0.465. The van der Waals surface area contributed by atoms with Crippen LogP contribution in [0.15, 0.2) is 48.8 Å². The Balaban J connectivity index is 1.43. The summed E-state index contributed by atoms with van der Waals surface area (Å²) in [6, 6.07) is 12.3. The topological polar surface area (TPSA) is 55.2 Å². The number of hydrogen-bond acceptors (Lipinski definition) is 5. The molecule has 1 saturated heterocycles. The van der Waals surface area contributed by atoms with Gasteiger partial charge >= 0.3 is 0 Å². The first-order valence-electron chi connectivity index (χ1n) is 10.3. The van der Waals surface area contributed by atoms with Gasteiger partial charge in [-0.15, -0.1) is 0 Å². The van der Waals surface area contributed by atoms with E-state index < -0.39 is 0 Å². The molecule has 3 heterocycles. The summed E-state index contributed by atoms with van der Waals surface area (Å²) in [6.45, 7) is 8.19. The molecule has 0 saturated carbocycles. The first-order chi connectivity index (χ1) is 14.1. The molecule has 1 aliphatic rings. The maximum Gasteiger partial charge on any atom is 0.119 e. The lowest BCUT2D eigenvalue weighted by Gasteiger charge is -2.16. The van der Waals surface area contributed by atoms with E-state index in [9.17, 15) is 0 Å². The van der Waals surface area contributed by atoms with Gasteiger partial charge in [-0.1, -0.05) is 0 Å². The zero-order valence-corrected chi connectivity index (χ0v) is 17.4. The van der Waals surface area contributed by atoms with E-state index in [1.54, 1.807) is 7.11 Å². The van der Waals surface area contributed by atoms with Gasteiger partial charge in [-0.2, -0.15) is 5.10 Å². The Morgan fingerprint density at radius 3 is 2.72 bits per heavy atom. The average molecular weight is 392 g/mol. The van der Waals surface area contributed by atoms with Crippen LogP contribution in [0.2, 0.25) is 0 Å². The van der Waals surface area contributed by atoms with Crippen molar-refractivity contribution in [2.24, 2.45) is 0 Å². The molecular formula is C23H29N5O. The van der Waals surface area contributed by atoms with E-state index in [4.69, 9.17) is 9.72 Å². The Labute approximate surface area is 172 Å². The van der Waals surface area contributed by atoms with Crippen LogP contribution in [0.1, 0.15) is 36.2 Å². The van der Waals surface area contributed by atoms with Crippen molar-refractivity contribution < 1.29 is 4.74 Å². The molecule has 0 radical (unpaired) electrons. The van der Waals surface area contributed by atoms with E-state index in [2.05, 4.69) is 47.5 Å². The predicted octanol–water partition coefficient (Wildman–Crippen LogP) is 4.35. The molecule has 2 aromatic heterocycles. The van der Waals surface area contributed by atoms with Crippen molar-refractivity contribution in [3.05, 3.63) is 65.7 Å². The van der Waals surface area contributed by atoms with Crippen molar-refractivity contribution >= 4 is 11.4 Å². The highest BCUT2D eigenvalue weighted by Gasteiger charge is 2.25. The molecule has 152 valence electrons. The van der Waals surface area contributed by atoms with E-state index in [-0.39, 0.29) is 0 Å². The van der Waals surface area contributed by atoms with E-state index in [1.807, 2.05) is 35.1 Å². The first kappa shape index (κ1) is 19.5. The van der Waals surface area contributed by atoms with Crippen LogP contribution in [-0.4, -0.2) is 39.9 Å². The van der Waals surface area contributed by atoms with E-state index in [0.29, 0.717) is 5.92 Å². The number of pyridine rings is 1. The number of ether oxygens (including phenoxy) is 1. The number of anilines is 2. The highest BCUT2D eigenvalue weighted by molar-refractivity contribution is 5.61. The zero-order valence-electron chi connectivity index (χ0n) is 17.4. The van der Waals surface area contributed by atoms with Gasteiger partial charge in [-0.05, 0) is 63.2 Å². The fraction of sp³-hybridized carbons (Fsp3) is 0.391. The van der Waals surface area contributed by atoms with Crippen molar-refractivity contribution in [3.8, 4) is 5.75 Å². The monoisotopic (exact) mass is 391 g/mol. The second-order valence-corrected chi connectivity index (χ2v) is 7.70. The maximum atomic E-state index is 5.24. The maximum absolute atomic E-state index is 5.24. The zero-order chi connectivity index (χ0) is 20.2. The molecular weight excluding hydrogens is 362 g/mol. The highest BCUT2D eigenvalue weighted by Crippen LogP contribution is 2.30. The minimum Gasteiger partial charge on any atom is -0.497 e. The Kier molecular flexibility index (Phi) is 5.81. The third-order valence-corrected chi connectivity index (χ3v) is 5.46. The fourth-order valence-electron chi connectivity index (χ4n) is 3.95. The van der Waals surface area contributed by atoms with Gasteiger partial charge in [0.2, 0.25) is 0 Å². The summed E-state index contributed by atoms with van der Waals surface area (Å²) in [5, 5.41) is 7.89. The molecule has 0 bridgehead atoms. The van der Waals surface area contributed by atoms with E-state index >= 15 is 0 Å². The summed E-state index contributed by atoms with van der Waals surface area (Å²) in [7, 11) is 1.68. The van der Waals surface area contributed by atoms with Crippen molar-refractivity contribution in [3.63, 3.8) is 0 Å². The molecule has 0 spiro atoms. The summed E-state index contributed by atoms with van der Waals surface area (Å²) < 4.78 is 7.23. The van der Waals surface area contributed by atoms with Gasteiger partial charge in [-0.25, -0.2) is 0 Å². The smallest absolute Gasteiger partial charge is 0.119 e. The summed E-state index contributed by atoms with van der Waals surface area (Å²) in [6.07, 6.45) is 5.27. The standard InChI is InChI=1S/C23H29N5O/c1-4-28-15-18(13-24-28)14-27-10-9-19(16-27)23-12-21(11-17(2)25-23)26-20-5-7-22(29-3)8-6-20/h5-8,11-13,15,19H,4,9-10,14,16H2,1-3H3,(H,25,26). The number of nitrogens with one attached hydrogen (secondary N) is 1. The Morgan fingerprint density at radius 1 is 1.17 bits per heavy atom. The number of likely N-dealkylation sites (tertiary alicyclic amines) is 1. The van der Waals surface area contributed by atoms with Crippen LogP contribution in [0.3, 0.4) is 0 Å². The molecule has 1 atom stereocenters. The Morgan fingerprint density at radius 2 is 2.00 bits per heavy atom. The van der Waals surface area contributed by atoms with Gasteiger partial charge in [0.25, 0.3) is 0 Å². The molecule has 4 rings (SSSR count). The summed E-state index contributed by atoms with van der Waals surface area (Å²) >= 11 is 0. The molecule has 1 aromatic carbocycles. The summed E-state index contributed by atoms with van der Waals surface area (Å²) in [4.78, 5) is 7.34. The number of aryl methyl sites for hydroxylation is 2. The summed E-state index contributed by atoms with van der Waals surface area (Å²) in [5.41, 5.74) is 5.63. The van der Waals surface area contributed by atoms with Crippen LogP contribution in [0.5, 0.6) is 5.75 Å². The largest absolute Gasteiger partial charge is 0.497 e. The van der Waals surface area contributed by atoms with Gasteiger partial charge in [0.15, 0.2) is 0 Å². The number of rotatable bonds is 7. The lowest BCUT2D eigenvalue weighted by molar-refractivity contribution is 0.326. The molecule has 1 unspecified atom stereocenters. The van der Waals surface area contributed by atoms with Gasteiger partial charge < -0.3 is 10.1 Å². The van der Waals surface area contributed by atoms with E-state index in [1.165, 1.54) is 11.3 Å². The molecule has 6 heteroatoms. The predicted molar refractivity (Wildman–Crippen MR) is 116 cm³/mol. The lowest BCUT2D eigenvalue weighted by Crippen LogP contribution is -2.19. The molecule has 1 fully saturated rings. The van der Waals surface area contributed by atoms with Crippen LogP contribution >= 0.6 is 0 Å². The van der Waals surface area contributed by atoms with Crippen molar-refractivity contribution in [2.75, 3.05) is 25.5 Å². The van der Waals surface area contributed by atoms with Crippen LogP contribution in [0, 0.1) is 6.92 Å². The van der Waals surface area contributed by atoms with Gasteiger partial charge in [0, 0.05) is 60.1 Å². The number of nitrogens with zero attached hydrogens (tertiary/aromatic N) is 4. The SMILES string of the molecule is CCn1cc(CN2CCC(c3cc(Nc4ccc(OC)cc4)cc(C)n3)C2)cn1. The van der Waals surface area contributed by atoms with Crippen molar-refractivity contribution in [1.29, 1.82) is 0 Å². The minimum absolute atomic E-state index is 0.465. The molecule has 0 aliphatic carbocycles. The molecule has 3 aromatic rings. The number of hydrogen-bond donors (Lipinski definition) is 1.